The van der Waals surface area contributed by atoms with Crippen LogP contribution >= 0.6 is 0 Å². The Morgan fingerprint density at radius 3 is 2.71 bits per heavy atom. The number of amides is 2. The van der Waals surface area contributed by atoms with Gasteiger partial charge < -0.3 is 14.9 Å². The quantitative estimate of drug-likeness (QED) is 0.928. The highest BCUT2D eigenvalue weighted by atomic mass is 19.3. The molecule has 1 unspecified atom stereocenters. The lowest BCUT2D eigenvalue weighted by molar-refractivity contribution is -0.139. The molecule has 2 amide bonds. The molecule has 0 fully saturated rings. The van der Waals surface area contributed by atoms with Crippen molar-refractivity contribution in [2.45, 2.75) is 18.9 Å². The zero-order valence-electron chi connectivity index (χ0n) is 11.5. The van der Waals surface area contributed by atoms with Gasteiger partial charge >= 0.3 is 12.0 Å². The molecule has 1 heterocycles. The first-order valence-electron chi connectivity index (χ1n) is 6.49. The van der Waals surface area contributed by atoms with Crippen LogP contribution in [-0.4, -0.2) is 53.5 Å². The van der Waals surface area contributed by atoms with Gasteiger partial charge in [-0.1, -0.05) is 24.3 Å². The summed E-state index contributed by atoms with van der Waals surface area (Å²) >= 11 is 0. The molecule has 1 aromatic carbocycles. The average molecular weight is 298 g/mol. The maximum absolute atomic E-state index is 12.4. The van der Waals surface area contributed by atoms with E-state index in [4.69, 9.17) is 0 Å². The van der Waals surface area contributed by atoms with Crippen LogP contribution in [0.25, 0.3) is 0 Å². The minimum Gasteiger partial charge on any atom is -0.481 e. The molecule has 0 saturated heterocycles. The van der Waals surface area contributed by atoms with Crippen molar-refractivity contribution in [3.05, 3.63) is 35.4 Å². The monoisotopic (exact) mass is 298 g/mol. The van der Waals surface area contributed by atoms with Gasteiger partial charge in [0.2, 0.25) is 0 Å². The summed E-state index contributed by atoms with van der Waals surface area (Å²) in [6.45, 7) is -0.458. The number of benzene rings is 1. The van der Waals surface area contributed by atoms with Gasteiger partial charge in [-0.3, -0.25) is 4.79 Å². The fourth-order valence-corrected chi connectivity index (χ4v) is 2.49. The highest BCUT2D eigenvalue weighted by Crippen LogP contribution is 2.29. The second-order valence-electron chi connectivity index (χ2n) is 5.02. The van der Waals surface area contributed by atoms with Gasteiger partial charge in [0.15, 0.2) is 0 Å². The van der Waals surface area contributed by atoms with Crippen molar-refractivity contribution in [2.75, 3.05) is 20.1 Å². The molecule has 5 nitrogen and oxygen atoms in total. The Bertz CT molecular complexity index is 551. The van der Waals surface area contributed by atoms with Crippen LogP contribution in [0, 0.1) is 0 Å². The molecule has 0 bridgehead atoms. The summed E-state index contributed by atoms with van der Waals surface area (Å²) in [6.07, 6.45) is -2.62. The Kier molecular flexibility index (Phi) is 4.40. The summed E-state index contributed by atoms with van der Waals surface area (Å²) < 4.78 is 24.7. The van der Waals surface area contributed by atoms with E-state index in [1.807, 2.05) is 0 Å². The summed E-state index contributed by atoms with van der Waals surface area (Å²) in [5.41, 5.74) is 1.40. The molecule has 0 aromatic heterocycles. The number of alkyl halides is 2. The SMILES string of the molecule is CN(CC(F)F)C(=O)N1Cc2ccccc2C(C(=O)O)C1. The number of fused-ring (bicyclic) bond motifs is 1. The Morgan fingerprint density at radius 2 is 2.10 bits per heavy atom. The predicted molar refractivity (Wildman–Crippen MR) is 71.3 cm³/mol. The molecule has 1 aromatic rings. The van der Waals surface area contributed by atoms with Crippen molar-refractivity contribution >= 4 is 12.0 Å². The molecule has 1 N–H and O–H groups in total. The second kappa shape index (κ2) is 6.07. The van der Waals surface area contributed by atoms with Crippen molar-refractivity contribution in [2.24, 2.45) is 0 Å². The van der Waals surface area contributed by atoms with E-state index in [9.17, 15) is 23.5 Å². The highest BCUT2D eigenvalue weighted by molar-refractivity contribution is 5.80. The number of nitrogens with zero attached hydrogens (tertiary/aromatic N) is 2. The van der Waals surface area contributed by atoms with E-state index in [1.165, 1.54) is 11.9 Å². The van der Waals surface area contributed by atoms with Gasteiger partial charge in [-0.2, -0.15) is 0 Å². The summed E-state index contributed by atoms with van der Waals surface area (Å²) in [5, 5.41) is 9.30. The number of rotatable bonds is 3. The van der Waals surface area contributed by atoms with Gasteiger partial charge in [0.1, 0.15) is 0 Å². The number of aliphatic carboxylic acids is 1. The lowest BCUT2D eigenvalue weighted by Crippen LogP contribution is -2.47. The number of carbonyl (C=O) groups is 2. The molecular formula is C14H16F2N2O3. The van der Waals surface area contributed by atoms with Crippen LogP contribution in [0.15, 0.2) is 24.3 Å². The van der Waals surface area contributed by atoms with E-state index in [0.717, 1.165) is 10.5 Å². The van der Waals surface area contributed by atoms with Crippen molar-refractivity contribution in [3.63, 3.8) is 0 Å². The number of carbonyl (C=O) groups excluding carboxylic acids is 1. The first kappa shape index (κ1) is 15.2. The van der Waals surface area contributed by atoms with Crippen LogP contribution < -0.4 is 0 Å². The van der Waals surface area contributed by atoms with Crippen LogP contribution in [0.5, 0.6) is 0 Å². The molecule has 21 heavy (non-hydrogen) atoms. The number of carboxylic acids is 1. The van der Waals surface area contributed by atoms with Gasteiger partial charge in [-0.25, -0.2) is 13.6 Å². The Balaban J connectivity index is 2.21. The Hall–Kier alpha value is -2.18. The molecule has 0 saturated carbocycles. The Morgan fingerprint density at radius 1 is 1.43 bits per heavy atom. The summed E-state index contributed by atoms with van der Waals surface area (Å²) in [5.74, 6) is -1.87. The summed E-state index contributed by atoms with van der Waals surface area (Å²) in [6, 6.07) is 6.39. The van der Waals surface area contributed by atoms with Gasteiger partial charge in [0.25, 0.3) is 6.43 Å². The largest absolute Gasteiger partial charge is 0.481 e. The first-order chi connectivity index (χ1) is 9.90. The van der Waals surface area contributed by atoms with E-state index in [1.54, 1.807) is 24.3 Å². The number of carboxylic acid groups (broad SMARTS) is 1. The third-order valence-electron chi connectivity index (χ3n) is 3.50. The van der Waals surface area contributed by atoms with Crippen molar-refractivity contribution in [1.82, 2.24) is 9.80 Å². The second-order valence-corrected chi connectivity index (χ2v) is 5.02. The van der Waals surface area contributed by atoms with Gasteiger partial charge in [0, 0.05) is 20.1 Å². The van der Waals surface area contributed by atoms with Crippen LogP contribution in [0.4, 0.5) is 13.6 Å². The number of halogens is 2. The van der Waals surface area contributed by atoms with Crippen molar-refractivity contribution < 1.29 is 23.5 Å². The zero-order valence-corrected chi connectivity index (χ0v) is 11.5. The van der Waals surface area contributed by atoms with Crippen LogP contribution in [0.1, 0.15) is 17.0 Å². The molecule has 0 radical (unpaired) electrons. The normalized spacial score (nSPS) is 17.5. The Labute approximate surface area is 120 Å². The maximum Gasteiger partial charge on any atom is 0.320 e. The summed E-state index contributed by atoms with van der Waals surface area (Å²) in [4.78, 5) is 25.7. The zero-order chi connectivity index (χ0) is 15.6. The van der Waals surface area contributed by atoms with E-state index in [2.05, 4.69) is 0 Å². The average Bonchev–Trinajstić information content (AvgIpc) is 2.44. The van der Waals surface area contributed by atoms with Gasteiger partial charge in [0.05, 0.1) is 12.5 Å². The lowest BCUT2D eigenvalue weighted by atomic mass is 9.90. The van der Waals surface area contributed by atoms with Gasteiger partial charge in [-0.15, -0.1) is 0 Å². The number of hydrogen-bond acceptors (Lipinski definition) is 2. The highest BCUT2D eigenvalue weighted by Gasteiger charge is 2.33. The smallest absolute Gasteiger partial charge is 0.320 e. The molecule has 2 rings (SSSR count). The van der Waals surface area contributed by atoms with E-state index in [0.29, 0.717) is 5.56 Å². The van der Waals surface area contributed by atoms with E-state index < -0.39 is 30.9 Å². The molecule has 7 heteroatoms. The number of urea groups is 1. The minimum absolute atomic E-state index is 0.0151. The standard InChI is InChI=1S/C14H16F2N2O3/c1-17(8-12(15)16)14(21)18-6-9-4-2-3-5-10(9)11(7-18)13(19)20/h2-5,11-12H,6-8H2,1H3,(H,19,20). The molecule has 0 aliphatic carbocycles. The number of hydrogen-bond donors (Lipinski definition) is 1. The molecule has 1 aliphatic heterocycles. The molecule has 1 aliphatic rings. The van der Waals surface area contributed by atoms with E-state index >= 15 is 0 Å². The third kappa shape index (κ3) is 3.29. The fourth-order valence-electron chi connectivity index (χ4n) is 2.49. The third-order valence-corrected chi connectivity index (χ3v) is 3.50. The predicted octanol–water partition coefficient (Wildman–Crippen LogP) is 1.99. The van der Waals surface area contributed by atoms with Crippen molar-refractivity contribution in [3.8, 4) is 0 Å². The molecule has 1 atom stereocenters. The van der Waals surface area contributed by atoms with Gasteiger partial charge in [-0.05, 0) is 11.1 Å². The van der Waals surface area contributed by atoms with Crippen molar-refractivity contribution in [1.29, 1.82) is 0 Å². The summed E-state index contributed by atoms with van der Waals surface area (Å²) in [7, 11) is 1.28. The lowest BCUT2D eigenvalue weighted by Gasteiger charge is -2.35. The van der Waals surface area contributed by atoms with E-state index in [-0.39, 0.29) is 13.1 Å². The fraction of sp³-hybridized carbons (Fsp3) is 0.429. The molecule has 114 valence electrons. The molecular weight excluding hydrogens is 282 g/mol. The van der Waals surface area contributed by atoms with Crippen LogP contribution in [-0.2, 0) is 11.3 Å². The maximum atomic E-state index is 12.4. The van der Waals surface area contributed by atoms with Crippen LogP contribution in [0.2, 0.25) is 0 Å². The molecule has 0 spiro atoms. The minimum atomic E-state index is -2.62. The van der Waals surface area contributed by atoms with Crippen LogP contribution in [0.3, 0.4) is 0 Å². The topological polar surface area (TPSA) is 60.9 Å². The first-order valence-corrected chi connectivity index (χ1v) is 6.49.